The molecule has 0 radical (unpaired) electrons. The van der Waals surface area contributed by atoms with E-state index in [4.69, 9.17) is 0 Å². The third kappa shape index (κ3) is 3.30. The summed E-state index contributed by atoms with van der Waals surface area (Å²) in [5, 5.41) is 0. The van der Waals surface area contributed by atoms with Crippen LogP contribution < -0.4 is 0 Å². The van der Waals surface area contributed by atoms with Crippen LogP contribution in [0.15, 0.2) is 27.6 Å². The fourth-order valence-electron chi connectivity index (χ4n) is 1.35. The maximum Gasteiger partial charge on any atom is 0.321 e. The monoisotopic (exact) mass is 335 g/mol. The average molecular weight is 336 g/mol. The van der Waals surface area contributed by atoms with Crippen molar-refractivity contribution in [1.82, 2.24) is 4.31 Å². The van der Waals surface area contributed by atoms with E-state index < -0.39 is 16.0 Å². The lowest BCUT2D eigenvalue weighted by Crippen LogP contribution is -2.33. The lowest BCUT2D eigenvalue weighted by atomic mass is 10.2. The first-order chi connectivity index (χ1) is 8.28. The number of carbonyl (C=O) groups excluding carboxylic acids is 1. The number of ether oxygens (including phenoxy) is 1. The van der Waals surface area contributed by atoms with Crippen LogP contribution in [0.1, 0.15) is 5.56 Å². The molecule has 0 saturated heterocycles. The maximum absolute atomic E-state index is 12.3. The molecule has 0 saturated carbocycles. The number of benzene rings is 1. The summed E-state index contributed by atoms with van der Waals surface area (Å²) < 4.78 is 30.6. The van der Waals surface area contributed by atoms with E-state index in [0.717, 1.165) is 4.31 Å². The Kier molecular flexibility index (Phi) is 4.89. The molecule has 0 aromatic heterocycles. The van der Waals surface area contributed by atoms with Crippen LogP contribution in [-0.2, 0) is 19.6 Å². The number of likely N-dealkylation sites (N-methyl/N-ethyl adjacent to an activating group) is 1. The molecule has 0 aliphatic carbocycles. The fraction of sp³-hybridized carbons (Fsp3) is 0.364. The van der Waals surface area contributed by atoms with Crippen molar-refractivity contribution in [3.05, 3.63) is 28.2 Å². The van der Waals surface area contributed by atoms with Crippen LogP contribution in [0.5, 0.6) is 0 Å². The second-order valence-electron chi connectivity index (χ2n) is 3.75. The largest absolute Gasteiger partial charge is 0.468 e. The van der Waals surface area contributed by atoms with E-state index in [9.17, 15) is 13.2 Å². The molecule has 100 valence electrons. The van der Waals surface area contributed by atoms with Gasteiger partial charge in [0.25, 0.3) is 0 Å². The van der Waals surface area contributed by atoms with E-state index in [1.165, 1.54) is 20.2 Å². The van der Waals surface area contributed by atoms with Crippen molar-refractivity contribution in [2.24, 2.45) is 0 Å². The van der Waals surface area contributed by atoms with Crippen molar-refractivity contribution < 1.29 is 17.9 Å². The Morgan fingerprint density at radius 3 is 2.61 bits per heavy atom. The third-order valence-corrected chi connectivity index (χ3v) is 4.86. The highest BCUT2D eigenvalue weighted by atomic mass is 79.9. The zero-order chi connectivity index (χ0) is 13.9. The Morgan fingerprint density at radius 1 is 1.44 bits per heavy atom. The fourth-order valence-corrected chi connectivity index (χ4v) is 3.23. The topological polar surface area (TPSA) is 63.7 Å². The van der Waals surface area contributed by atoms with Gasteiger partial charge in [-0.3, -0.25) is 4.79 Å². The first kappa shape index (κ1) is 15.1. The van der Waals surface area contributed by atoms with Crippen molar-refractivity contribution in [3.63, 3.8) is 0 Å². The van der Waals surface area contributed by atoms with Crippen molar-refractivity contribution in [2.45, 2.75) is 11.8 Å². The lowest BCUT2D eigenvalue weighted by Gasteiger charge is -2.17. The number of sulfonamides is 1. The number of methoxy groups -OCH3 is 1. The van der Waals surface area contributed by atoms with Gasteiger partial charge in [0.05, 0.1) is 12.0 Å². The summed E-state index contributed by atoms with van der Waals surface area (Å²) in [5.41, 5.74) is 0.620. The van der Waals surface area contributed by atoms with E-state index >= 15 is 0 Å². The van der Waals surface area contributed by atoms with Gasteiger partial charge >= 0.3 is 5.97 Å². The molecule has 0 unspecified atom stereocenters. The van der Waals surface area contributed by atoms with E-state index in [1.807, 2.05) is 0 Å². The van der Waals surface area contributed by atoms with Gasteiger partial charge in [-0.25, -0.2) is 8.42 Å². The molecule has 7 heteroatoms. The molecule has 0 bridgehead atoms. The van der Waals surface area contributed by atoms with Crippen LogP contribution in [0.4, 0.5) is 0 Å². The molecular formula is C11H14BrNO4S. The predicted octanol–water partition coefficient (Wildman–Crippen LogP) is 1.55. The number of hydrogen-bond acceptors (Lipinski definition) is 4. The quantitative estimate of drug-likeness (QED) is 0.783. The van der Waals surface area contributed by atoms with Crippen molar-refractivity contribution in [1.29, 1.82) is 0 Å². The molecule has 0 atom stereocenters. The SMILES string of the molecule is COC(=O)CN(C)S(=O)(=O)c1cc(Br)ccc1C. The molecule has 18 heavy (non-hydrogen) atoms. The summed E-state index contributed by atoms with van der Waals surface area (Å²) in [7, 11) is -1.14. The highest BCUT2D eigenvalue weighted by molar-refractivity contribution is 9.10. The maximum atomic E-state index is 12.3. The smallest absolute Gasteiger partial charge is 0.321 e. The van der Waals surface area contributed by atoms with Crippen molar-refractivity contribution in [3.8, 4) is 0 Å². The zero-order valence-corrected chi connectivity index (χ0v) is 12.7. The van der Waals surface area contributed by atoms with Crippen LogP contribution in [0.3, 0.4) is 0 Å². The molecule has 0 fully saturated rings. The van der Waals surface area contributed by atoms with Gasteiger partial charge in [0.15, 0.2) is 0 Å². The third-order valence-electron chi connectivity index (χ3n) is 2.42. The highest BCUT2D eigenvalue weighted by Crippen LogP contribution is 2.23. The molecule has 0 amide bonds. The Bertz CT molecular complexity index is 556. The molecule has 0 heterocycles. The standard InChI is InChI=1S/C11H14BrNO4S/c1-8-4-5-9(12)6-10(8)18(15,16)13(2)7-11(14)17-3/h4-6H,7H2,1-3H3. The predicted molar refractivity (Wildman–Crippen MR) is 70.7 cm³/mol. The molecule has 0 aliphatic rings. The first-order valence-electron chi connectivity index (χ1n) is 5.08. The van der Waals surface area contributed by atoms with E-state index in [0.29, 0.717) is 10.0 Å². The zero-order valence-electron chi connectivity index (χ0n) is 10.3. The van der Waals surface area contributed by atoms with E-state index in [-0.39, 0.29) is 11.4 Å². The van der Waals surface area contributed by atoms with Crippen LogP contribution in [0.2, 0.25) is 0 Å². The van der Waals surface area contributed by atoms with Crippen LogP contribution in [-0.4, -0.2) is 39.4 Å². The summed E-state index contributed by atoms with van der Waals surface area (Å²) in [5.74, 6) is -0.603. The van der Waals surface area contributed by atoms with Gasteiger partial charge in [-0.15, -0.1) is 0 Å². The summed E-state index contributed by atoms with van der Waals surface area (Å²) >= 11 is 3.23. The minimum Gasteiger partial charge on any atom is -0.468 e. The van der Waals surface area contributed by atoms with Gasteiger partial charge in [0.2, 0.25) is 10.0 Å². The molecule has 5 nitrogen and oxygen atoms in total. The number of rotatable bonds is 4. The van der Waals surface area contributed by atoms with Crippen molar-refractivity contribution >= 4 is 31.9 Å². The van der Waals surface area contributed by atoms with Crippen LogP contribution in [0, 0.1) is 6.92 Å². The lowest BCUT2D eigenvalue weighted by molar-refractivity contribution is -0.140. The Balaban J connectivity index is 3.13. The molecule has 1 rings (SSSR count). The number of halogens is 1. The Hall–Kier alpha value is -0.920. The minimum absolute atomic E-state index is 0.170. The van der Waals surface area contributed by atoms with Gasteiger partial charge in [-0.05, 0) is 24.6 Å². The minimum atomic E-state index is -3.69. The molecule has 0 N–H and O–H groups in total. The van der Waals surface area contributed by atoms with Gasteiger partial charge in [0.1, 0.15) is 6.54 Å². The van der Waals surface area contributed by atoms with Gasteiger partial charge < -0.3 is 4.74 Å². The summed E-state index contributed by atoms with van der Waals surface area (Å²) in [6.45, 7) is 1.39. The molecule has 1 aromatic carbocycles. The van der Waals surface area contributed by atoms with Gasteiger partial charge in [0, 0.05) is 11.5 Å². The van der Waals surface area contributed by atoms with Gasteiger partial charge in [-0.1, -0.05) is 22.0 Å². The van der Waals surface area contributed by atoms with Crippen LogP contribution >= 0.6 is 15.9 Å². The van der Waals surface area contributed by atoms with Gasteiger partial charge in [-0.2, -0.15) is 4.31 Å². The van der Waals surface area contributed by atoms with Crippen molar-refractivity contribution in [2.75, 3.05) is 20.7 Å². The molecule has 0 spiro atoms. The highest BCUT2D eigenvalue weighted by Gasteiger charge is 2.25. The summed E-state index contributed by atoms with van der Waals surface area (Å²) in [6.07, 6.45) is 0. The second-order valence-corrected chi connectivity index (χ2v) is 6.68. The summed E-state index contributed by atoms with van der Waals surface area (Å²) in [6, 6.07) is 4.97. The number of carbonyl (C=O) groups is 1. The number of aryl methyl sites for hydroxylation is 1. The Labute approximate surface area is 115 Å². The Morgan fingerprint density at radius 2 is 2.06 bits per heavy atom. The normalized spacial score (nSPS) is 11.6. The molecule has 0 aliphatic heterocycles. The number of esters is 1. The van der Waals surface area contributed by atoms with E-state index in [1.54, 1.807) is 19.1 Å². The first-order valence-corrected chi connectivity index (χ1v) is 7.31. The molecule has 1 aromatic rings. The second kappa shape index (κ2) is 5.81. The number of hydrogen-bond donors (Lipinski definition) is 0. The van der Waals surface area contributed by atoms with Crippen LogP contribution in [0.25, 0.3) is 0 Å². The van der Waals surface area contributed by atoms with E-state index in [2.05, 4.69) is 20.7 Å². The average Bonchev–Trinajstić information content (AvgIpc) is 2.31. The summed E-state index contributed by atoms with van der Waals surface area (Å²) in [4.78, 5) is 11.3. The molecular weight excluding hydrogens is 322 g/mol. The number of nitrogens with zero attached hydrogens (tertiary/aromatic N) is 1.